The zero-order chi connectivity index (χ0) is 20.3. The van der Waals surface area contributed by atoms with Crippen LogP contribution in [0.4, 0.5) is 5.69 Å². The highest BCUT2D eigenvalue weighted by atomic mass is 32.2. The van der Waals surface area contributed by atoms with Gasteiger partial charge in [-0.05, 0) is 42.0 Å². The minimum atomic E-state index is -3.56. The second kappa shape index (κ2) is 8.64. The van der Waals surface area contributed by atoms with E-state index < -0.39 is 10.0 Å². The van der Waals surface area contributed by atoms with Gasteiger partial charge in [-0.2, -0.15) is 0 Å². The van der Waals surface area contributed by atoms with Crippen molar-refractivity contribution >= 4 is 44.3 Å². The van der Waals surface area contributed by atoms with Gasteiger partial charge in [-0.3, -0.25) is 9.52 Å². The number of likely N-dealkylation sites (tertiary alicyclic amines) is 1. The summed E-state index contributed by atoms with van der Waals surface area (Å²) in [6, 6.07) is 10.3. The molecule has 2 aromatic heterocycles. The number of thiazole rings is 1. The van der Waals surface area contributed by atoms with Crippen LogP contribution in [0.3, 0.4) is 0 Å². The topological polar surface area (TPSA) is 79.4 Å². The Morgan fingerprint density at radius 2 is 2.00 bits per heavy atom. The maximum atomic E-state index is 12.8. The van der Waals surface area contributed by atoms with Crippen molar-refractivity contribution in [3.05, 3.63) is 63.9 Å². The summed E-state index contributed by atoms with van der Waals surface area (Å²) in [5.74, 6) is 0.417. The Hall–Kier alpha value is -2.23. The standard InChI is InChI=1S/C20H21N3O3S3/c24-18(23-10-1-3-16(14-23)20-21-9-12-28-20)13-15-5-7-17(8-6-15)22-29(25,26)19-4-2-11-27-19/h2,4-9,11-12,16,22H,1,3,10,13-14H2. The monoisotopic (exact) mass is 447 g/mol. The number of anilines is 1. The molecule has 0 bridgehead atoms. The molecule has 9 heteroatoms. The Morgan fingerprint density at radius 3 is 2.69 bits per heavy atom. The first kappa shape index (κ1) is 20.1. The number of thiophene rings is 1. The first-order valence-corrected chi connectivity index (χ1v) is 12.6. The van der Waals surface area contributed by atoms with Gasteiger partial charge in [0, 0.05) is 36.3 Å². The van der Waals surface area contributed by atoms with E-state index in [2.05, 4.69) is 9.71 Å². The number of nitrogens with zero attached hydrogens (tertiary/aromatic N) is 2. The molecule has 152 valence electrons. The Bertz CT molecular complexity index is 1050. The van der Waals surface area contributed by atoms with Gasteiger partial charge in [-0.25, -0.2) is 13.4 Å². The van der Waals surface area contributed by atoms with E-state index in [9.17, 15) is 13.2 Å². The fraction of sp³-hybridized carbons (Fsp3) is 0.300. The number of carbonyl (C=O) groups excluding carboxylic acids is 1. The van der Waals surface area contributed by atoms with E-state index in [1.165, 1.54) is 11.3 Å². The van der Waals surface area contributed by atoms with Crippen LogP contribution in [0.15, 0.2) is 57.6 Å². The molecule has 0 saturated carbocycles. The zero-order valence-electron chi connectivity index (χ0n) is 15.7. The number of rotatable bonds is 6. The maximum Gasteiger partial charge on any atom is 0.271 e. The highest BCUT2D eigenvalue weighted by molar-refractivity contribution is 7.94. The Balaban J connectivity index is 1.36. The number of aromatic nitrogens is 1. The molecule has 1 aliphatic heterocycles. The van der Waals surface area contributed by atoms with Gasteiger partial charge in [0.15, 0.2) is 0 Å². The molecule has 4 rings (SSSR count). The van der Waals surface area contributed by atoms with Gasteiger partial charge in [0.25, 0.3) is 10.0 Å². The number of hydrogen-bond donors (Lipinski definition) is 1. The Morgan fingerprint density at radius 1 is 1.17 bits per heavy atom. The second-order valence-corrected chi connectivity index (χ2v) is 10.7. The van der Waals surface area contributed by atoms with Crippen LogP contribution in [0.1, 0.15) is 29.3 Å². The largest absolute Gasteiger partial charge is 0.342 e. The SMILES string of the molecule is O=C(Cc1ccc(NS(=O)(=O)c2cccs2)cc1)N1CCCC(c2nccs2)C1. The molecule has 29 heavy (non-hydrogen) atoms. The summed E-state index contributed by atoms with van der Waals surface area (Å²) in [6.45, 7) is 1.49. The summed E-state index contributed by atoms with van der Waals surface area (Å²) in [5.41, 5.74) is 1.35. The average molecular weight is 448 g/mol. The predicted octanol–water partition coefficient (Wildman–Crippen LogP) is 3.95. The van der Waals surface area contributed by atoms with E-state index in [1.807, 2.05) is 16.5 Å². The summed E-state index contributed by atoms with van der Waals surface area (Å²) in [5, 5.41) is 4.80. The minimum Gasteiger partial charge on any atom is -0.342 e. The summed E-state index contributed by atoms with van der Waals surface area (Å²) >= 11 is 2.82. The molecule has 1 fully saturated rings. The van der Waals surface area contributed by atoms with Crippen molar-refractivity contribution in [1.29, 1.82) is 0 Å². The van der Waals surface area contributed by atoms with Crippen LogP contribution in [0.2, 0.25) is 0 Å². The lowest BCUT2D eigenvalue weighted by atomic mass is 9.98. The van der Waals surface area contributed by atoms with Crippen molar-refractivity contribution in [3.8, 4) is 0 Å². The third-order valence-corrected chi connectivity index (χ3v) is 8.61. The maximum absolute atomic E-state index is 12.8. The molecule has 1 N–H and O–H groups in total. The molecule has 1 amide bonds. The van der Waals surface area contributed by atoms with Gasteiger partial charge in [-0.1, -0.05) is 18.2 Å². The molecule has 1 aromatic carbocycles. The molecule has 6 nitrogen and oxygen atoms in total. The van der Waals surface area contributed by atoms with Crippen LogP contribution in [0.5, 0.6) is 0 Å². The summed E-state index contributed by atoms with van der Waals surface area (Å²) in [7, 11) is -3.56. The van der Waals surface area contributed by atoms with Crippen LogP contribution < -0.4 is 4.72 Å². The van der Waals surface area contributed by atoms with Crippen molar-refractivity contribution < 1.29 is 13.2 Å². The van der Waals surface area contributed by atoms with Crippen molar-refractivity contribution in [2.45, 2.75) is 29.4 Å². The number of carbonyl (C=O) groups is 1. The van der Waals surface area contributed by atoms with E-state index in [1.54, 1.807) is 53.1 Å². The van der Waals surface area contributed by atoms with Crippen molar-refractivity contribution in [2.75, 3.05) is 17.8 Å². The summed E-state index contributed by atoms with van der Waals surface area (Å²) in [6.07, 6.45) is 4.17. The third kappa shape index (κ3) is 4.85. The summed E-state index contributed by atoms with van der Waals surface area (Å²) < 4.78 is 27.4. The lowest BCUT2D eigenvalue weighted by Gasteiger charge is -2.32. The van der Waals surface area contributed by atoms with Crippen LogP contribution in [-0.4, -0.2) is 37.3 Å². The quantitative estimate of drug-likeness (QED) is 0.620. The first-order chi connectivity index (χ1) is 14.0. The number of benzene rings is 1. The summed E-state index contributed by atoms with van der Waals surface area (Å²) in [4.78, 5) is 19.1. The predicted molar refractivity (Wildman–Crippen MR) is 116 cm³/mol. The average Bonchev–Trinajstić information content (AvgIpc) is 3.44. The van der Waals surface area contributed by atoms with Gasteiger partial charge >= 0.3 is 0 Å². The van der Waals surface area contributed by atoms with E-state index in [0.717, 1.165) is 30.0 Å². The Kier molecular flexibility index (Phi) is 5.98. The lowest BCUT2D eigenvalue weighted by molar-refractivity contribution is -0.131. The molecule has 1 unspecified atom stereocenters. The molecule has 0 spiro atoms. The molecule has 1 aliphatic rings. The number of nitrogens with one attached hydrogen (secondary N) is 1. The highest BCUT2D eigenvalue weighted by Gasteiger charge is 2.26. The van der Waals surface area contributed by atoms with E-state index in [-0.39, 0.29) is 10.1 Å². The minimum absolute atomic E-state index is 0.0955. The van der Waals surface area contributed by atoms with Crippen LogP contribution in [0, 0.1) is 0 Å². The number of amides is 1. The van der Waals surface area contributed by atoms with Gasteiger partial charge in [-0.15, -0.1) is 22.7 Å². The van der Waals surface area contributed by atoms with E-state index >= 15 is 0 Å². The second-order valence-electron chi connectivity index (χ2n) is 6.96. The smallest absolute Gasteiger partial charge is 0.271 e. The molecular formula is C20H21N3O3S3. The number of hydrogen-bond acceptors (Lipinski definition) is 6. The number of sulfonamides is 1. The van der Waals surface area contributed by atoms with Gasteiger partial charge in [0.2, 0.25) is 5.91 Å². The Labute approximate surface area is 178 Å². The fourth-order valence-corrected chi connectivity index (χ4v) is 6.26. The lowest BCUT2D eigenvalue weighted by Crippen LogP contribution is -2.39. The van der Waals surface area contributed by atoms with Crippen LogP contribution in [-0.2, 0) is 21.2 Å². The molecule has 1 atom stereocenters. The van der Waals surface area contributed by atoms with Crippen molar-refractivity contribution in [1.82, 2.24) is 9.88 Å². The molecule has 0 radical (unpaired) electrons. The molecule has 3 aromatic rings. The van der Waals surface area contributed by atoms with Crippen LogP contribution in [0.25, 0.3) is 0 Å². The number of piperidine rings is 1. The van der Waals surface area contributed by atoms with Crippen LogP contribution >= 0.6 is 22.7 Å². The molecule has 0 aliphatic carbocycles. The third-order valence-electron chi connectivity index (χ3n) is 4.90. The highest BCUT2D eigenvalue weighted by Crippen LogP contribution is 2.28. The van der Waals surface area contributed by atoms with E-state index in [4.69, 9.17) is 0 Å². The van der Waals surface area contributed by atoms with Gasteiger partial charge in [0.1, 0.15) is 4.21 Å². The first-order valence-electron chi connectivity index (χ1n) is 9.34. The van der Waals surface area contributed by atoms with E-state index in [0.29, 0.717) is 24.6 Å². The fourth-order valence-electron chi connectivity index (χ4n) is 3.44. The van der Waals surface area contributed by atoms with Crippen molar-refractivity contribution in [2.24, 2.45) is 0 Å². The molecule has 1 saturated heterocycles. The normalized spacial score (nSPS) is 17.2. The molecular weight excluding hydrogens is 426 g/mol. The van der Waals surface area contributed by atoms with Crippen molar-refractivity contribution in [3.63, 3.8) is 0 Å². The molecule has 3 heterocycles. The van der Waals surface area contributed by atoms with Gasteiger partial charge < -0.3 is 4.90 Å². The van der Waals surface area contributed by atoms with Gasteiger partial charge in [0.05, 0.1) is 11.4 Å². The zero-order valence-corrected chi connectivity index (χ0v) is 18.1.